The summed E-state index contributed by atoms with van der Waals surface area (Å²) in [5.74, 6) is 0.494. The van der Waals surface area contributed by atoms with Crippen LogP contribution in [0.5, 0.6) is 0 Å². The summed E-state index contributed by atoms with van der Waals surface area (Å²) in [5, 5.41) is 3.97. The third-order valence-electron chi connectivity index (χ3n) is 3.89. The van der Waals surface area contributed by atoms with Crippen molar-refractivity contribution in [2.45, 2.75) is 63.3 Å². The van der Waals surface area contributed by atoms with Crippen molar-refractivity contribution in [3.8, 4) is 0 Å². The molecule has 1 N–H and O–H groups in total. The zero-order valence-corrected chi connectivity index (χ0v) is 13.7. The monoisotopic (exact) mass is 295 g/mol. The molecule has 1 aromatic rings. The summed E-state index contributed by atoms with van der Waals surface area (Å²) in [7, 11) is 0. The van der Waals surface area contributed by atoms with Crippen molar-refractivity contribution < 1.29 is 0 Å². The molecule has 2 rings (SSSR count). The van der Waals surface area contributed by atoms with Crippen LogP contribution in [0.4, 0.5) is 5.82 Å². The largest absolute Gasteiger partial charge is 0.362 e. The summed E-state index contributed by atoms with van der Waals surface area (Å²) in [6.45, 7) is 6.09. The highest BCUT2D eigenvalue weighted by molar-refractivity contribution is 7.99. The topological polar surface area (TPSA) is 46.9 Å². The molecule has 1 aromatic heterocycles. The van der Waals surface area contributed by atoms with Crippen LogP contribution in [0.25, 0.3) is 0 Å². The molecular formula is C15H25N3OS. The van der Waals surface area contributed by atoms with Crippen LogP contribution >= 0.6 is 11.8 Å². The molecule has 1 saturated carbocycles. The fourth-order valence-corrected chi connectivity index (χ4v) is 3.69. The van der Waals surface area contributed by atoms with Gasteiger partial charge in [-0.15, -0.1) is 0 Å². The van der Waals surface area contributed by atoms with Crippen molar-refractivity contribution in [3.63, 3.8) is 0 Å². The van der Waals surface area contributed by atoms with E-state index in [1.807, 2.05) is 32.5 Å². The molecule has 0 aliphatic heterocycles. The van der Waals surface area contributed by atoms with E-state index in [0.29, 0.717) is 17.1 Å². The van der Waals surface area contributed by atoms with Gasteiger partial charge >= 0.3 is 0 Å². The molecule has 1 aliphatic carbocycles. The molecule has 1 aliphatic rings. The van der Waals surface area contributed by atoms with Crippen LogP contribution in [0.3, 0.4) is 0 Å². The maximum Gasteiger partial charge on any atom is 0.293 e. The molecule has 1 fully saturated rings. The third kappa shape index (κ3) is 3.37. The lowest BCUT2D eigenvalue weighted by Crippen LogP contribution is -2.40. The average molecular weight is 295 g/mol. The summed E-state index contributed by atoms with van der Waals surface area (Å²) in [6, 6.07) is 0.356. The Hall–Kier alpha value is -0.970. The quantitative estimate of drug-likeness (QED) is 0.931. The van der Waals surface area contributed by atoms with Gasteiger partial charge in [0.05, 0.1) is 0 Å². The lowest BCUT2D eigenvalue weighted by Gasteiger charge is -2.31. The van der Waals surface area contributed by atoms with Gasteiger partial charge in [0.1, 0.15) is 0 Å². The second-order valence-electron chi connectivity index (χ2n) is 6.43. The van der Waals surface area contributed by atoms with Crippen molar-refractivity contribution >= 4 is 17.6 Å². The fraction of sp³-hybridized carbons (Fsp3) is 0.733. The van der Waals surface area contributed by atoms with Crippen molar-refractivity contribution in [2.24, 2.45) is 0 Å². The molecule has 0 bridgehead atoms. The number of thioether (sulfide) groups is 1. The van der Waals surface area contributed by atoms with E-state index in [9.17, 15) is 4.79 Å². The van der Waals surface area contributed by atoms with Gasteiger partial charge in [-0.25, -0.2) is 4.98 Å². The van der Waals surface area contributed by atoms with Gasteiger partial charge in [-0.1, -0.05) is 12.8 Å². The van der Waals surface area contributed by atoms with Gasteiger partial charge < -0.3 is 9.88 Å². The van der Waals surface area contributed by atoms with E-state index in [2.05, 4.69) is 16.6 Å². The fourth-order valence-electron chi connectivity index (χ4n) is 2.76. The summed E-state index contributed by atoms with van der Waals surface area (Å²) in [4.78, 5) is 16.8. The Balaban J connectivity index is 2.23. The van der Waals surface area contributed by atoms with Gasteiger partial charge in [0, 0.05) is 29.2 Å². The highest BCUT2D eigenvalue weighted by Crippen LogP contribution is 2.28. The predicted molar refractivity (Wildman–Crippen MR) is 86.7 cm³/mol. The number of hydrogen-bond donors (Lipinski definition) is 1. The van der Waals surface area contributed by atoms with Crippen molar-refractivity contribution in [1.29, 1.82) is 0 Å². The second kappa shape index (κ2) is 6.20. The van der Waals surface area contributed by atoms with E-state index in [0.717, 1.165) is 6.42 Å². The van der Waals surface area contributed by atoms with E-state index in [4.69, 9.17) is 0 Å². The Kier molecular flexibility index (Phi) is 4.78. The summed E-state index contributed by atoms with van der Waals surface area (Å²) < 4.78 is 1.75. The van der Waals surface area contributed by atoms with Gasteiger partial charge in [0.15, 0.2) is 5.82 Å². The molecule has 0 radical (unpaired) electrons. The molecule has 1 heterocycles. The molecule has 0 amide bonds. The zero-order chi connectivity index (χ0) is 14.8. The molecule has 0 spiro atoms. The highest BCUT2D eigenvalue weighted by atomic mass is 32.2. The average Bonchev–Trinajstić information content (AvgIpc) is 2.40. The van der Waals surface area contributed by atoms with Crippen molar-refractivity contribution in [1.82, 2.24) is 9.55 Å². The Bertz CT molecular complexity index is 507. The Labute approximate surface area is 125 Å². The lowest BCUT2D eigenvalue weighted by atomic mass is 9.95. The number of hydrogen-bond acceptors (Lipinski definition) is 4. The summed E-state index contributed by atoms with van der Waals surface area (Å²) in [6.07, 6.45) is 10.5. The van der Waals surface area contributed by atoms with Gasteiger partial charge in [0.2, 0.25) is 0 Å². The van der Waals surface area contributed by atoms with E-state index in [-0.39, 0.29) is 11.1 Å². The maximum atomic E-state index is 12.5. The van der Waals surface area contributed by atoms with Gasteiger partial charge in [-0.3, -0.25) is 4.79 Å². The van der Waals surface area contributed by atoms with Crippen LogP contribution in [0.2, 0.25) is 0 Å². The normalized spacial score (nSPS) is 23.6. The molecule has 4 nitrogen and oxygen atoms in total. The number of anilines is 1. The molecule has 112 valence electrons. The molecule has 20 heavy (non-hydrogen) atoms. The SMILES string of the molecule is CSC1CCCCC1Nc1nccn(C(C)(C)C)c1=O. The Morgan fingerprint density at radius 3 is 2.70 bits per heavy atom. The molecule has 2 atom stereocenters. The van der Waals surface area contributed by atoms with Crippen LogP contribution in [-0.4, -0.2) is 27.1 Å². The van der Waals surface area contributed by atoms with Crippen LogP contribution in [0.15, 0.2) is 17.2 Å². The van der Waals surface area contributed by atoms with Crippen LogP contribution in [0, 0.1) is 0 Å². The second-order valence-corrected chi connectivity index (χ2v) is 7.51. The number of aromatic nitrogens is 2. The standard InChI is InChI=1S/C15H25N3OS/c1-15(2,3)18-10-9-16-13(14(18)19)17-11-7-5-6-8-12(11)20-4/h9-12H,5-8H2,1-4H3,(H,16,17). The van der Waals surface area contributed by atoms with E-state index in [1.54, 1.807) is 17.0 Å². The predicted octanol–water partition coefficient (Wildman–Crippen LogP) is 3.08. The summed E-state index contributed by atoms with van der Waals surface area (Å²) >= 11 is 1.89. The highest BCUT2D eigenvalue weighted by Gasteiger charge is 2.26. The smallest absolute Gasteiger partial charge is 0.293 e. The van der Waals surface area contributed by atoms with E-state index in [1.165, 1.54) is 19.3 Å². The number of nitrogens with zero attached hydrogens (tertiary/aromatic N) is 2. The number of nitrogens with one attached hydrogen (secondary N) is 1. The minimum atomic E-state index is -0.220. The first-order valence-corrected chi connectivity index (χ1v) is 8.60. The first-order chi connectivity index (χ1) is 9.43. The van der Waals surface area contributed by atoms with E-state index >= 15 is 0 Å². The van der Waals surface area contributed by atoms with Crippen LogP contribution in [0.1, 0.15) is 46.5 Å². The van der Waals surface area contributed by atoms with Gasteiger partial charge in [-0.05, 0) is 39.9 Å². The molecular weight excluding hydrogens is 270 g/mol. The van der Waals surface area contributed by atoms with Crippen molar-refractivity contribution in [2.75, 3.05) is 11.6 Å². The molecule has 2 unspecified atom stereocenters. The van der Waals surface area contributed by atoms with Crippen LogP contribution < -0.4 is 10.9 Å². The Morgan fingerprint density at radius 2 is 2.05 bits per heavy atom. The molecule has 0 aromatic carbocycles. The molecule has 0 saturated heterocycles. The first kappa shape index (κ1) is 15.4. The Morgan fingerprint density at radius 1 is 1.35 bits per heavy atom. The molecule has 5 heteroatoms. The zero-order valence-electron chi connectivity index (χ0n) is 12.8. The van der Waals surface area contributed by atoms with Gasteiger partial charge in [0.25, 0.3) is 5.56 Å². The maximum absolute atomic E-state index is 12.5. The summed E-state index contributed by atoms with van der Waals surface area (Å²) in [5.41, 5.74) is -0.243. The first-order valence-electron chi connectivity index (χ1n) is 7.31. The minimum Gasteiger partial charge on any atom is -0.362 e. The number of rotatable bonds is 3. The van der Waals surface area contributed by atoms with Crippen molar-refractivity contribution in [3.05, 3.63) is 22.7 Å². The van der Waals surface area contributed by atoms with Crippen LogP contribution in [-0.2, 0) is 5.54 Å². The lowest BCUT2D eigenvalue weighted by molar-refractivity contribution is 0.382. The third-order valence-corrected chi connectivity index (χ3v) is 5.06. The van der Waals surface area contributed by atoms with E-state index < -0.39 is 0 Å². The van der Waals surface area contributed by atoms with Gasteiger partial charge in [-0.2, -0.15) is 11.8 Å². The minimum absolute atomic E-state index is 0.0228.